The Morgan fingerprint density at radius 2 is 1.83 bits per heavy atom. The molecule has 0 atom stereocenters. The second-order valence-electron chi connectivity index (χ2n) is 7.77. The maximum atomic E-state index is 12.5. The molecule has 3 N–H and O–H groups in total. The van der Waals surface area contributed by atoms with Crippen molar-refractivity contribution >= 4 is 21.6 Å². The number of fused-ring (bicyclic) bond motifs is 1. The molecular weight excluding hydrogens is 470 g/mol. The minimum Gasteiger partial charge on any atom is -0.508 e. The third-order valence-corrected chi connectivity index (χ3v) is 7.17. The zero-order valence-electron chi connectivity index (χ0n) is 18.4. The molecule has 0 aliphatic rings. The summed E-state index contributed by atoms with van der Waals surface area (Å²) >= 11 is 0. The highest BCUT2D eigenvalue weighted by Gasteiger charge is 2.20. The van der Waals surface area contributed by atoms with Crippen LogP contribution in [-0.2, 0) is 9.84 Å². The average Bonchev–Trinajstić information content (AvgIpc) is 3.44. The summed E-state index contributed by atoms with van der Waals surface area (Å²) in [4.78, 5) is 13.5. The fraction of sp³-hybridized carbons (Fsp3) is 0.125. The third kappa shape index (κ3) is 4.66. The van der Waals surface area contributed by atoms with Crippen molar-refractivity contribution in [1.29, 1.82) is 0 Å². The zero-order chi connectivity index (χ0) is 24.4. The van der Waals surface area contributed by atoms with Crippen LogP contribution in [0, 0.1) is 0 Å². The number of oxazole rings is 1. The summed E-state index contributed by atoms with van der Waals surface area (Å²) in [6.45, 7) is 0.341. The highest BCUT2D eigenvalue weighted by molar-refractivity contribution is 7.91. The number of hydrogen-bond acceptors (Lipinski definition) is 9. The van der Waals surface area contributed by atoms with E-state index in [4.69, 9.17) is 4.42 Å². The van der Waals surface area contributed by atoms with Crippen LogP contribution in [0.1, 0.15) is 6.42 Å². The molecule has 3 heterocycles. The minimum atomic E-state index is -3.47. The molecule has 0 aliphatic carbocycles. The van der Waals surface area contributed by atoms with Gasteiger partial charge in [-0.2, -0.15) is 4.98 Å². The van der Waals surface area contributed by atoms with E-state index in [1.807, 2.05) is 6.07 Å². The molecule has 0 bridgehead atoms. The molecule has 3 aromatic heterocycles. The van der Waals surface area contributed by atoms with Gasteiger partial charge in [0.1, 0.15) is 29.2 Å². The van der Waals surface area contributed by atoms with Crippen molar-refractivity contribution in [3.63, 3.8) is 0 Å². The number of aromatic nitrogens is 4. The van der Waals surface area contributed by atoms with E-state index in [1.165, 1.54) is 30.5 Å². The summed E-state index contributed by atoms with van der Waals surface area (Å²) in [6.07, 6.45) is 5.19. The lowest BCUT2D eigenvalue weighted by Crippen LogP contribution is -2.13. The molecule has 0 fully saturated rings. The van der Waals surface area contributed by atoms with Gasteiger partial charge in [0.15, 0.2) is 9.84 Å². The number of nitrogens with zero attached hydrogens (tertiary/aromatic N) is 4. The van der Waals surface area contributed by atoms with Crippen molar-refractivity contribution < 1.29 is 23.0 Å². The largest absolute Gasteiger partial charge is 0.508 e. The topological polar surface area (TPSA) is 143 Å². The second-order valence-corrected chi connectivity index (χ2v) is 9.88. The fourth-order valence-corrected chi connectivity index (χ4v) is 5.01. The van der Waals surface area contributed by atoms with E-state index >= 15 is 0 Å². The SMILES string of the molecule is O=S(=O)(CCCNc1nccc(-c2c(-c3cccc(O)c3)nc3occn23)n1)c1ccc(O)cc1. The Morgan fingerprint density at radius 3 is 2.63 bits per heavy atom. The van der Waals surface area contributed by atoms with Crippen LogP contribution in [0.2, 0.25) is 0 Å². The number of imidazole rings is 1. The number of benzene rings is 2. The zero-order valence-corrected chi connectivity index (χ0v) is 19.2. The number of nitrogens with one attached hydrogen (secondary N) is 1. The Balaban J connectivity index is 1.34. The van der Waals surface area contributed by atoms with Gasteiger partial charge in [-0.3, -0.25) is 4.40 Å². The van der Waals surface area contributed by atoms with Gasteiger partial charge in [0.05, 0.1) is 16.3 Å². The summed E-state index contributed by atoms with van der Waals surface area (Å²) in [5.41, 5.74) is 2.53. The molecule has 0 saturated carbocycles. The number of anilines is 1. The number of rotatable bonds is 8. The van der Waals surface area contributed by atoms with Gasteiger partial charge in [-0.1, -0.05) is 12.1 Å². The molecule has 0 spiro atoms. The van der Waals surface area contributed by atoms with Gasteiger partial charge in [-0.05, 0) is 48.9 Å². The molecule has 35 heavy (non-hydrogen) atoms. The van der Waals surface area contributed by atoms with Gasteiger partial charge in [0.25, 0.3) is 0 Å². The van der Waals surface area contributed by atoms with Gasteiger partial charge in [0.2, 0.25) is 5.95 Å². The van der Waals surface area contributed by atoms with Crippen molar-refractivity contribution in [2.75, 3.05) is 17.6 Å². The average molecular weight is 492 g/mol. The Labute approximate surface area is 200 Å². The quantitative estimate of drug-likeness (QED) is 0.277. The van der Waals surface area contributed by atoms with Crippen molar-refractivity contribution in [2.24, 2.45) is 0 Å². The van der Waals surface area contributed by atoms with Crippen molar-refractivity contribution in [2.45, 2.75) is 11.3 Å². The molecule has 5 aromatic rings. The first-order valence-corrected chi connectivity index (χ1v) is 12.4. The number of phenols is 2. The van der Waals surface area contributed by atoms with Crippen LogP contribution in [0.25, 0.3) is 28.5 Å². The first kappa shape index (κ1) is 22.4. The number of phenolic OH excluding ortho intramolecular Hbond substituents is 2. The van der Waals surface area contributed by atoms with E-state index in [9.17, 15) is 18.6 Å². The molecular formula is C24H21N5O5S. The molecule has 0 amide bonds. The van der Waals surface area contributed by atoms with E-state index in [0.717, 1.165) is 0 Å². The highest BCUT2D eigenvalue weighted by Crippen LogP contribution is 2.33. The fourth-order valence-electron chi connectivity index (χ4n) is 3.69. The lowest BCUT2D eigenvalue weighted by Gasteiger charge is -2.08. The second kappa shape index (κ2) is 9.11. The van der Waals surface area contributed by atoms with Crippen LogP contribution in [0.4, 0.5) is 5.95 Å². The van der Waals surface area contributed by atoms with Crippen molar-refractivity contribution in [3.05, 3.63) is 73.3 Å². The van der Waals surface area contributed by atoms with Crippen molar-refractivity contribution in [1.82, 2.24) is 19.4 Å². The summed E-state index contributed by atoms with van der Waals surface area (Å²) < 4.78 is 32.2. The van der Waals surface area contributed by atoms with E-state index in [-0.39, 0.29) is 22.1 Å². The predicted molar refractivity (Wildman–Crippen MR) is 129 cm³/mol. The predicted octanol–water partition coefficient (Wildman–Crippen LogP) is 3.74. The molecule has 2 aromatic carbocycles. The van der Waals surface area contributed by atoms with Crippen LogP contribution < -0.4 is 5.32 Å². The number of sulfone groups is 1. The first-order chi connectivity index (χ1) is 16.9. The van der Waals surface area contributed by atoms with E-state index in [1.54, 1.807) is 41.1 Å². The van der Waals surface area contributed by atoms with Crippen LogP contribution >= 0.6 is 0 Å². The summed E-state index contributed by atoms with van der Waals surface area (Å²) in [5.74, 6) is 0.784. The maximum absolute atomic E-state index is 12.5. The van der Waals surface area contributed by atoms with Crippen LogP contribution in [0.5, 0.6) is 11.5 Å². The first-order valence-electron chi connectivity index (χ1n) is 10.7. The lowest BCUT2D eigenvalue weighted by molar-refractivity contribution is 0.474. The summed E-state index contributed by atoms with van der Waals surface area (Å²) in [7, 11) is -3.47. The molecule has 5 rings (SSSR count). The highest BCUT2D eigenvalue weighted by atomic mass is 32.2. The summed E-state index contributed by atoms with van der Waals surface area (Å²) in [6, 6.07) is 14.0. The molecule has 0 radical (unpaired) electrons. The Hall–Kier alpha value is -4.38. The Kier molecular flexibility index (Phi) is 5.83. The van der Waals surface area contributed by atoms with Crippen LogP contribution in [0.3, 0.4) is 0 Å². The van der Waals surface area contributed by atoms with Gasteiger partial charge in [-0.15, -0.1) is 0 Å². The smallest absolute Gasteiger partial charge is 0.306 e. The third-order valence-electron chi connectivity index (χ3n) is 5.35. The molecule has 11 heteroatoms. The van der Waals surface area contributed by atoms with Gasteiger partial charge < -0.3 is 19.9 Å². The molecule has 10 nitrogen and oxygen atoms in total. The number of hydrogen-bond donors (Lipinski definition) is 3. The van der Waals surface area contributed by atoms with Gasteiger partial charge >= 0.3 is 5.84 Å². The van der Waals surface area contributed by atoms with Gasteiger partial charge in [0, 0.05) is 24.5 Å². The normalized spacial score (nSPS) is 11.7. The molecule has 178 valence electrons. The van der Waals surface area contributed by atoms with Crippen LogP contribution in [0.15, 0.2) is 82.6 Å². The van der Waals surface area contributed by atoms with E-state index < -0.39 is 9.84 Å². The number of aromatic hydroxyl groups is 2. The lowest BCUT2D eigenvalue weighted by atomic mass is 10.1. The van der Waals surface area contributed by atoms with Crippen molar-refractivity contribution in [3.8, 4) is 34.1 Å². The molecule has 0 aliphatic heterocycles. The monoisotopic (exact) mass is 491 g/mol. The summed E-state index contributed by atoms with van der Waals surface area (Å²) in [5, 5.41) is 22.3. The maximum Gasteiger partial charge on any atom is 0.306 e. The van der Waals surface area contributed by atoms with E-state index in [2.05, 4.69) is 20.3 Å². The minimum absolute atomic E-state index is 0.0146. The molecule has 0 unspecified atom stereocenters. The standard InChI is InChI=1S/C24H21N5O5S/c30-17-5-7-19(8-6-17)35(32,33)14-2-10-25-23-26-11-9-20(27-23)22-21(16-3-1-4-18(31)15-16)28-24-29(22)12-13-34-24/h1,3-9,11-13,15,30-31H,2,10,14H2,(H,25,26,27). The Morgan fingerprint density at radius 1 is 1.00 bits per heavy atom. The van der Waals surface area contributed by atoms with E-state index in [0.29, 0.717) is 47.4 Å². The van der Waals surface area contributed by atoms with Crippen LogP contribution in [-0.4, -0.2) is 50.3 Å². The Bertz CT molecular complexity index is 1590. The van der Waals surface area contributed by atoms with Gasteiger partial charge in [-0.25, -0.2) is 18.4 Å². The molecule has 0 saturated heterocycles.